The Bertz CT molecular complexity index is 721. The summed E-state index contributed by atoms with van der Waals surface area (Å²) in [5.74, 6) is -0.455. The van der Waals surface area contributed by atoms with Crippen molar-refractivity contribution in [3.05, 3.63) is 71.3 Å². The summed E-state index contributed by atoms with van der Waals surface area (Å²) >= 11 is 0. The summed E-state index contributed by atoms with van der Waals surface area (Å²) in [6, 6.07) is 16.8. The highest BCUT2D eigenvalue weighted by Crippen LogP contribution is 2.23. The molecule has 0 fully saturated rings. The number of rotatable bonds is 6. The molecule has 1 aliphatic heterocycles. The van der Waals surface area contributed by atoms with E-state index in [0.29, 0.717) is 19.5 Å². The third kappa shape index (κ3) is 4.45. The molecule has 0 radical (unpaired) electrons. The Morgan fingerprint density at radius 2 is 1.60 bits per heavy atom. The number of hydrogen-bond acceptors (Lipinski definition) is 4. The summed E-state index contributed by atoms with van der Waals surface area (Å²) in [7, 11) is 0. The number of fused-ring (bicyclic) bond motifs is 1. The van der Waals surface area contributed by atoms with Crippen molar-refractivity contribution < 1.29 is 14.3 Å². The quantitative estimate of drug-likeness (QED) is 0.821. The Labute approximate surface area is 147 Å². The molecule has 5 nitrogen and oxygen atoms in total. The van der Waals surface area contributed by atoms with E-state index in [0.717, 1.165) is 16.7 Å². The zero-order valence-corrected chi connectivity index (χ0v) is 14.1. The molecule has 0 unspecified atom stereocenters. The van der Waals surface area contributed by atoms with E-state index in [1.165, 1.54) is 0 Å². The minimum Gasteiger partial charge on any atom is -0.461 e. The summed E-state index contributed by atoms with van der Waals surface area (Å²) in [6.07, 6.45) is 0.430. The molecule has 0 spiro atoms. The maximum Gasteiger partial charge on any atom is 0.306 e. The number of nitrogens with zero attached hydrogens (tertiary/aromatic N) is 1. The smallest absolute Gasteiger partial charge is 0.306 e. The van der Waals surface area contributed by atoms with Crippen LogP contribution in [0.4, 0.5) is 0 Å². The van der Waals surface area contributed by atoms with Crippen LogP contribution in [0.25, 0.3) is 0 Å². The zero-order valence-electron chi connectivity index (χ0n) is 14.1. The van der Waals surface area contributed by atoms with Crippen LogP contribution in [-0.4, -0.2) is 22.8 Å². The van der Waals surface area contributed by atoms with Crippen molar-refractivity contribution in [2.75, 3.05) is 0 Å². The molecular weight excluding hydrogens is 316 g/mol. The van der Waals surface area contributed by atoms with Gasteiger partial charge in [0, 0.05) is 19.5 Å². The van der Waals surface area contributed by atoms with E-state index in [4.69, 9.17) is 10.5 Å². The fraction of sp³-hybridized carbons (Fsp3) is 0.300. The van der Waals surface area contributed by atoms with Crippen molar-refractivity contribution in [3.63, 3.8) is 0 Å². The van der Waals surface area contributed by atoms with Gasteiger partial charge in [0.05, 0.1) is 6.04 Å². The van der Waals surface area contributed by atoms with Crippen molar-refractivity contribution in [1.82, 2.24) is 4.90 Å². The van der Waals surface area contributed by atoms with Crippen molar-refractivity contribution in [1.29, 1.82) is 0 Å². The predicted molar refractivity (Wildman–Crippen MR) is 94.1 cm³/mol. The molecule has 0 saturated heterocycles. The molecule has 2 aromatic carbocycles. The normalized spacial score (nSPS) is 14.0. The Balaban J connectivity index is 1.42. The molecule has 0 aromatic heterocycles. The summed E-state index contributed by atoms with van der Waals surface area (Å²) < 4.78 is 5.21. The van der Waals surface area contributed by atoms with Gasteiger partial charge in [0.1, 0.15) is 6.61 Å². The van der Waals surface area contributed by atoms with Gasteiger partial charge in [-0.25, -0.2) is 0 Å². The monoisotopic (exact) mass is 338 g/mol. The number of hydrogen-bond donors (Lipinski definition) is 1. The van der Waals surface area contributed by atoms with E-state index in [9.17, 15) is 9.59 Å². The Hall–Kier alpha value is -2.66. The lowest BCUT2D eigenvalue weighted by atomic mass is 10.1. The van der Waals surface area contributed by atoms with Gasteiger partial charge >= 0.3 is 5.97 Å². The van der Waals surface area contributed by atoms with E-state index in [1.807, 2.05) is 54.6 Å². The van der Waals surface area contributed by atoms with Crippen LogP contribution in [0.5, 0.6) is 0 Å². The van der Waals surface area contributed by atoms with Gasteiger partial charge < -0.3 is 15.4 Å². The van der Waals surface area contributed by atoms with Crippen LogP contribution in [0.3, 0.4) is 0 Å². The molecule has 1 aliphatic rings. The van der Waals surface area contributed by atoms with Crippen molar-refractivity contribution >= 4 is 11.9 Å². The van der Waals surface area contributed by atoms with Crippen LogP contribution < -0.4 is 5.73 Å². The second-order valence-corrected chi connectivity index (χ2v) is 6.25. The molecule has 5 heteroatoms. The first kappa shape index (κ1) is 17.2. The molecule has 130 valence electrons. The fourth-order valence-corrected chi connectivity index (χ4v) is 2.93. The minimum absolute atomic E-state index is 0.118. The van der Waals surface area contributed by atoms with Crippen LogP contribution in [0, 0.1) is 0 Å². The SMILES string of the molecule is N[C@H](CCC(=O)OCc1ccccc1)C(=O)N1Cc2ccccc2C1. The molecule has 1 atom stereocenters. The highest BCUT2D eigenvalue weighted by molar-refractivity contribution is 5.83. The van der Waals surface area contributed by atoms with Crippen molar-refractivity contribution in [2.24, 2.45) is 5.73 Å². The van der Waals surface area contributed by atoms with Crippen LogP contribution in [-0.2, 0) is 34.0 Å². The number of carbonyl (C=O) groups is 2. The lowest BCUT2D eigenvalue weighted by Crippen LogP contribution is -2.41. The van der Waals surface area contributed by atoms with Gasteiger partial charge in [0.15, 0.2) is 0 Å². The molecule has 25 heavy (non-hydrogen) atoms. The molecule has 0 saturated carbocycles. The molecule has 1 amide bonds. The zero-order chi connectivity index (χ0) is 17.6. The summed E-state index contributed by atoms with van der Waals surface area (Å²) in [4.78, 5) is 26.0. The fourth-order valence-electron chi connectivity index (χ4n) is 2.93. The average molecular weight is 338 g/mol. The highest BCUT2D eigenvalue weighted by Gasteiger charge is 2.27. The number of carbonyl (C=O) groups excluding carboxylic acids is 2. The third-order valence-corrected chi connectivity index (χ3v) is 4.37. The maximum absolute atomic E-state index is 12.5. The number of benzene rings is 2. The van der Waals surface area contributed by atoms with Gasteiger partial charge in [-0.1, -0.05) is 54.6 Å². The number of ether oxygens (including phenoxy) is 1. The van der Waals surface area contributed by atoms with Crippen LogP contribution in [0.1, 0.15) is 29.5 Å². The lowest BCUT2D eigenvalue weighted by molar-refractivity contribution is -0.145. The summed E-state index contributed by atoms with van der Waals surface area (Å²) in [5.41, 5.74) is 9.24. The molecule has 2 N–H and O–H groups in total. The number of amides is 1. The number of esters is 1. The van der Waals surface area contributed by atoms with E-state index in [-0.39, 0.29) is 24.9 Å². The molecule has 3 rings (SSSR count). The Morgan fingerprint density at radius 3 is 2.24 bits per heavy atom. The molecule has 0 aliphatic carbocycles. The minimum atomic E-state index is -0.682. The van der Waals surface area contributed by atoms with E-state index < -0.39 is 6.04 Å². The van der Waals surface area contributed by atoms with Crippen LogP contribution in [0.15, 0.2) is 54.6 Å². The number of nitrogens with two attached hydrogens (primary N) is 1. The first-order chi connectivity index (χ1) is 12.1. The second-order valence-electron chi connectivity index (χ2n) is 6.25. The van der Waals surface area contributed by atoms with Gasteiger partial charge in [-0.15, -0.1) is 0 Å². The van der Waals surface area contributed by atoms with Crippen molar-refractivity contribution in [2.45, 2.75) is 38.6 Å². The van der Waals surface area contributed by atoms with E-state index >= 15 is 0 Å². The largest absolute Gasteiger partial charge is 0.461 e. The molecular formula is C20H22N2O3. The van der Waals surface area contributed by atoms with Crippen molar-refractivity contribution in [3.8, 4) is 0 Å². The van der Waals surface area contributed by atoms with Gasteiger partial charge in [-0.3, -0.25) is 9.59 Å². The molecule has 0 bridgehead atoms. The van der Waals surface area contributed by atoms with Gasteiger partial charge in [-0.2, -0.15) is 0 Å². The van der Waals surface area contributed by atoms with E-state index in [1.54, 1.807) is 4.90 Å². The standard InChI is InChI=1S/C20H22N2O3/c21-18(10-11-19(23)25-14-15-6-2-1-3-7-15)20(24)22-12-16-8-4-5-9-17(16)13-22/h1-9,18H,10-14,21H2/t18-/m1/s1. The molecule has 2 aromatic rings. The van der Waals surface area contributed by atoms with Gasteiger partial charge in [0.2, 0.25) is 5.91 Å². The first-order valence-corrected chi connectivity index (χ1v) is 8.44. The third-order valence-electron chi connectivity index (χ3n) is 4.37. The lowest BCUT2D eigenvalue weighted by Gasteiger charge is -2.20. The van der Waals surface area contributed by atoms with Gasteiger partial charge in [-0.05, 0) is 23.1 Å². The summed E-state index contributed by atoms with van der Waals surface area (Å²) in [5, 5.41) is 0. The van der Waals surface area contributed by atoms with Gasteiger partial charge in [0.25, 0.3) is 0 Å². The van der Waals surface area contributed by atoms with E-state index in [2.05, 4.69) is 0 Å². The average Bonchev–Trinajstić information content (AvgIpc) is 3.08. The maximum atomic E-state index is 12.5. The topological polar surface area (TPSA) is 72.6 Å². The molecule has 1 heterocycles. The highest BCUT2D eigenvalue weighted by atomic mass is 16.5. The second kappa shape index (κ2) is 7.94. The van der Waals surface area contributed by atoms with Crippen LogP contribution in [0.2, 0.25) is 0 Å². The Kier molecular flexibility index (Phi) is 5.46. The Morgan fingerprint density at radius 1 is 1.00 bits per heavy atom. The predicted octanol–water partition coefficient (Wildman–Crippen LogP) is 2.38. The first-order valence-electron chi connectivity index (χ1n) is 8.44. The van der Waals surface area contributed by atoms with Crippen LogP contribution >= 0.6 is 0 Å². The summed E-state index contributed by atoms with van der Waals surface area (Å²) in [6.45, 7) is 1.41.